The van der Waals surface area contributed by atoms with Gasteiger partial charge in [0.1, 0.15) is 11.2 Å². The van der Waals surface area contributed by atoms with Crippen LogP contribution in [0.4, 0.5) is 17.1 Å². The molecule has 9 aromatic carbocycles. The van der Waals surface area contributed by atoms with Crippen molar-refractivity contribution in [2.45, 2.75) is 19.3 Å². The largest absolute Gasteiger partial charge is 0.455 e. The van der Waals surface area contributed by atoms with Crippen LogP contribution < -0.4 is 4.90 Å². The van der Waals surface area contributed by atoms with Crippen molar-refractivity contribution in [2.75, 3.05) is 4.90 Å². The van der Waals surface area contributed by atoms with Gasteiger partial charge in [-0.05, 0) is 102 Å². The molecule has 0 spiro atoms. The van der Waals surface area contributed by atoms with Gasteiger partial charge in [-0.15, -0.1) is 0 Å². The quantitative estimate of drug-likeness (QED) is 0.177. The maximum Gasteiger partial charge on any atom is 0.144 e. The third kappa shape index (κ3) is 3.88. The third-order valence-corrected chi connectivity index (χ3v) is 11.4. The van der Waals surface area contributed by atoms with Crippen LogP contribution in [0.25, 0.3) is 76.2 Å². The van der Waals surface area contributed by atoms with Crippen molar-refractivity contribution < 1.29 is 4.42 Å². The highest BCUT2D eigenvalue weighted by Crippen LogP contribution is 2.57. The second-order valence-corrected chi connectivity index (χ2v) is 14.4. The zero-order chi connectivity index (χ0) is 33.8. The lowest BCUT2D eigenvalue weighted by Gasteiger charge is -2.27. The number of anilines is 3. The fourth-order valence-electron chi connectivity index (χ4n) is 9.18. The van der Waals surface area contributed by atoms with E-state index >= 15 is 0 Å². The van der Waals surface area contributed by atoms with Crippen molar-refractivity contribution in [3.8, 4) is 11.1 Å². The Kier molecular flexibility index (Phi) is 5.76. The van der Waals surface area contributed by atoms with Crippen molar-refractivity contribution in [3.63, 3.8) is 0 Å². The van der Waals surface area contributed by atoms with Crippen LogP contribution in [0.2, 0.25) is 0 Å². The maximum atomic E-state index is 6.83. The normalized spacial score (nSPS) is 13.5. The Morgan fingerprint density at radius 1 is 0.431 bits per heavy atom. The Bertz CT molecular complexity index is 3020. The zero-order valence-electron chi connectivity index (χ0n) is 28.4. The molecule has 51 heavy (non-hydrogen) atoms. The lowest BCUT2D eigenvalue weighted by atomic mass is 9.79. The van der Waals surface area contributed by atoms with Gasteiger partial charge in [-0.3, -0.25) is 0 Å². The van der Waals surface area contributed by atoms with Crippen molar-refractivity contribution in [2.24, 2.45) is 0 Å². The minimum absolute atomic E-state index is 0.212. The Hall–Kier alpha value is -6.38. The molecule has 1 aliphatic rings. The fraction of sp³-hybridized carbons (Fsp3) is 0.0612. The molecule has 240 valence electrons. The van der Waals surface area contributed by atoms with E-state index < -0.39 is 0 Å². The third-order valence-electron chi connectivity index (χ3n) is 11.4. The Morgan fingerprint density at radius 3 is 1.67 bits per heavy atom. The van der Waals surface area contributed by atoms with Gasteiger partial charge in [-0.25, -0.2) is 0 Å². The minimum Gasteiger partial charge on any atom is -0.455 e. The van der Waals surface area contributed by atoms with Crippen LogP contribution in [0.5, 0.6) is 0 Å². The highest BCUT2D eigenvalue weighted by molar-refractivity contribution is 6.27. The molecule has 0 saturated heterocycles. The average molecular weight is 652 g/mol. The Balaban J connectivity index is 1.20. The van der Waals surface area contributed by atoms with Gasteiger partial charge in [-0.1, -0.05) is 135 Å². The van der Waals surface area contributed by atoms with Gasteiger partial charge in [0.05, 0.1) is 0 Å². The van der Waals surface area contributed by atoms with Gasteiger partial charge in [0.25, 0.3) is 0 Å². The van der Waals surface area contributed by atoms with Gasteiger partial charge in [0.2, 0.25) is 0 Å². The molecule has 2 nitrogen and oxygen atoms in total. The van der Waals surface area contributed by atoms with Crippen LogP contribution in [0.1, 0.15) is 25.0 Å². The molecule has 0 N–H and O–H groups in total. The molecule has 10 aromatic rings. The van der Waals surface area contributed by atoms with E-state index in [1.807, 2.05) is 0 Å². The molecular formula is C49H33NO. The second-order valence-electron chi connectivity index (χ2n) is 14.4. The number of rotatable bonds is 3. The first-order valence-electron chi connectivity index (χ1n) is 17.8. The van der Waals surface area contributed by atoms with Gasteiger partial charge in [0.15, 0.2) is 0 Å². The monoisotopic (exact) mass is 651 g/mol. The van der Waals surface area contributed by atoms with Crippen LogP contribution in [-0.2, 0) is 5.41 Å². The van der Waals surface area contributed by atoms with Crippen molar-refractivity contribution in [1.82, 2.24) is 0 Å². The SMILES string of the molecule is CC1(C)c2ccc(N(c3ccccc3)c3ccc4c5ccccc5c5ccccc5c4c3)cc2-c2c1c1ccccc1c1c2oc2ccccc21. The molecule has 0 fully saturated rings. The Morgan fingerprint density at radius 2 is 0.961 bits per heavy atom. The van der Waals surface area contributed by atoms with Crippen LogP contribution in [0.15, 0.2) is 168 Å². The molecule has 2 heteroatoms. The number of hydrogen-bond donors (Lipinski definition) is 0. The molecule has 0 bridgehead atoms. The summed E-state index contributed by atoms with van der Waals surface area (Å²) in [6.45, 7) is 4.73. The van der Waals surface area contributed by atoms with Crippen LogP contribution >= 0.6 is 0 Å². The summed E-state index contributed by atoms with van der Waals surface area (Å²) in [5.74, 6) is 0. The average Bonchev–Trinajstić information content (AvgIpc) is 3.68. The summed E-state index contributed by atoms with van der Waals surface area (Å²) in [4.78, 5) is 2.41. The van der Waals surface area contributed by atoms with E-state index in [0.29, 0.717) is 0 Å². The smallest absolute Gasteiger partial charge is 0.144 e. The standard InChI is InChI=1S/C49H33NO/c1-49(2)43-27-25-32(29-42(43)46-47(49)39-21-11-10-20-38(39)45-40-22-12-13-23-44(40)51-48(45)46)50(30-14-4-3-5-15-30)31-24-26-37-35-18-7-6-16-33(35)34-17-8-9-19-36(34)41(37)28-31/h3-29H,1-2H3. The van der Waals surface area contributed by atoms with E-state index in [0.717, 1.165) is 33.6 Å². The van der Waals surface area contributed by atoms with Gasteiger partial charge in [-0.2, -0.15) is 0 Å². The molecule has 1 aromatic heterocycles. The summed E-state index contributed by atoms with van der Waals surface area (Å²) in [7, 11) is 0. The molecule has 1 aliphatic carbocycles. The van der Waals surface area contributed by atoms with Crippen LogP contribution in [0, 0.1) is 0 Å². The van der Waals surface area contributed by atoms with Gasteiger partial charge in [0, 0.05) is 38.8 Å². The van der Waals surface area contributed by atoms with Crippen molar-refractivity contribution in [1.29, 1.82) is 0 Å². The van der Waals surface area contributed by atoms with Crippen molar-refractivity contribution >= 4 is 82.1 Å². The first kappa shape index (κ1) is 28.5. The number of para-hydroxylation sites is 2. The zero-order valence-corrected chi connectivity index (χ0v) is 28.4. The predicted molar refractivity (Wildman–Crippen MR) is 216 cm³/mol. The van der Waals surface area contributed by atoms with Crippen molar-refractivity contribution in [3.05, 3.63) is 175 Å². The minimum atomic E-state index is -0.212. The number of furan rings is 1. The molecule has 11 rings (SSSR count). The Labute approximate surface area is 295 Å². The lowest BCUT2D eigenvalue weighted by molar-refractivity contribution is 0.657. The van der Waals surface area contributed by atoms with E-state index in [9.17, 15) is 0 Å². The molecule has 0 unspecified atom stereocenters. The molecule has 1 heterocycles. The molecule has 0 aliphatic heterocycles. The molecule has 0 saturated carbocycles. The lowest BCUT2D eigenvalue weighted by Crippen LogP contribution is -2.16. The topological polar surface area (TPSA) is 16.4 Å². The first-order valence-corrected chi connectivity index (χ1v) is 17.8. The summed E-state index contributed by atoms with van der Waals surface area (Å²) in [6.07, 6.45) is 0. The van der Waals surface area contributed by atoms with Crippen LogP contribution in [0.3, 0.4) is 0 Å². The number of nitrogens with zero attached hydrogens (tertiary/aromatic N) is 1. The first-order chi connectivity index (χ1) is 25.1. The molecule has 0 amide bonds. The molecule has 0 atom stereocenters. The summed E-state index contributed by atoms with van der Waals surface area (Å²) in [5.41, 5.74) is 10.2. The summed E-state index contributed by atoms with van der Waals surface area (Å²) >= 11 is 0. The van der Waals surface area contributed by atoms with Crippen LogP contribution in [-0.4, -0.2) is 0 Å². The van der Waals surface area contributed by atoms with E-state index in [4.69, 9.17) is 4.42 Å². The fourth-order valence-corrected chi connectivity index (χ4v) is 9.18. The second kappa shape index (κ2) is 10.3. The number of hydrogen-bond acceptors (Lipinski definition) is 2. The van der Waals surface area contributed by atoms with Gasteiger partial charge < -0.3 is 9.32 Å². The highest BCUT2D eigenvalue weighted by Gasteiger charge is 2.40. The molecule has 0 radical (unpaired) electrons. The number of benzene rings is 9. The number of fused-ring (bicyclic) bond motifs is 16. The summed E-state index contributed by atoms with van der Waals surface area (Å²) < 4.78 is 6.83. The van der Waals surface area contributed by atoms with E-state index in [2.05, 4.69) is 183 Å². The highest BCUT2D eigenvalue weighted by atomic mass is 16.3. The summed E-state index contributed by atoms with van der Waals surface area (Å²) in [5, 5.41) is 12.5. The van der Waals surface area contributed by atoms with E-state index in [-0.39, 0.29) is 5.41 Å². The van der Waals surface area contributed by atoms with E-state index in [1.54, 1.807) is 0 Å². The molecular weight excluding hydrogens is 619 g/mol. The maximum absolute atomic E-state index is 6.83. The van der Waals surface area contributed by atoms with E-state index in [1.165, 1.54) is 70.7 Å². The summed E-state index contributed by atoms with van der Waals surface area (Å²) in [6, 6.07) is 59.7. The van der Waals surface area contributed by atoms with Gasteiger partial charge >= 0.3 is 0 Å². The predicted octanol–water partition coefficient (Wildman–Crippen LogP) is 14.0.